The summed E-state index contributed by atoms with van der Waals surface area (Å²) in [5, 5.41) is 9.17. The topological polar surface area (TPSA) is 43.8 Å². The second-order valence-corrected chi connectivity index (χ2v) is 5.97. The highest BCUT2D eigenvalue weighted by atomic mass is 16.3. The van der Waals surface area contributed by atoms with E-state index in [0.717, 1.165) is 19.4 Å². The van der Waals surface area contributed by atoms with E-state index < -0.39 is 0 Å². The van der Waals surface area contributed by atoms with Gasteiger partial charge in [0.25, 0.3) is 0 Å². The van der Waals surface area contributed by atoms with Crippen molar-refractivity contribution in [3.05, 3.63) is 0 Å². The van der Waals surface area contributed by atoms with Crippen molar-refractivity contribution in [3.8, 4) is 0 Å². The number of carbonyl (C=O) groups is 1. The van der Waals surface area contributed by atoms with Gasteiger partial charge in [0, 0.05) is 43.6 Å². The third kappa shape index (κ3) is 1.87. The number of carbonyl (C=O) groups excluding carboxylic acids is 1. The van der Waals surface area contributed by atoms with Crippen molar-refractivity contribution in [2.75, 3.05) is 20.2 Å². The van der Waals surface area contributed by atoms with Gasteiger partial charge in [0.15, 0.2) is 0 Å². The number of piperidine rings is 1. The molecule has 4 nitrogen and oxygen atoms in total. The minimum Gasteiger partial charge on any atom is -0.396 e. The smallest absolute Gasteiger partial charge is 0.223 e. The Hall–Kier alpha value is -0.610. The van der Waals surface area contributed by atoms with Crippen LogP contribution < -0.4 is 0 Å². The van der Waals surface area contributed by atoms with Gasteiger partial charge in [-0.1, -0.05) is 0 Å². The zero-order valence-corrected chi connectivity index (χ0v) is 10.5. The number of hydrogen-bond donors (Lipinski definition) is 1. The Bertz CT molecular complexity index is 307. The number of fused-ring (bicyclic) bond motifs is 2. The standard InChI is InChI=1S/C13H22N2O2/c1-14-10-2-3-11(14)6-12(5-10)15-7-9(8-16)4-13(15)17/h9-12,16H,2-8H2,1H3. The molecule has 17 heavy (non-hydrogen) atoms. The van der Waals surface area contributed by atoms with Crippen molar-refractivity contribution in [3.63, 3.8) is 0 Å². The molecule has 0 saturated carbocycles. The van der Waals surface area contributed by atoms with Gasteiger partial charge in [-0.05, 0) is 32.7 Å². The van der Waals surface area contributed by atoms with Gasteiger partial charge in [-0.2, -0.15) is 0 Å². The van der Waals surface area contributed by atoms with Crippen molar-refractivity contribution in [2.45, 2.75) is 50.2 Å². The van der Waals surface area contributed by atoms with E-state index in [2.05, 4.69) is 16.8 Å². The number of hydrogen-bond acceptors (Lipinski definition) is 3. The Kier molecular flexibility index (Phi) is 2.87. The maximum absolute atomic E-state index is 12.0. The number of nitrogens with zero attached hydrogens (tertiary/aromatic N) is 2. The van der Waals surface area contributed by atoms with Gasteiger partial charge in [0.05, 0.1) is 0 Å². The Morgan fingerprint density at radius 2 is 1.88 bits per heavy atom. The molecule has 0 aromatic carbocycles. The van der Waals surface area contributed by atoms with Crippen LogP contribution in [0.1, 0.15) is 32.1 Å². The first kappa shape index (κ1) is 11.5. The molecule has 3 saturated heterocycles. The lowest BCUT2D eigenvalue weighted by Crippen LogP contribution is -2.49. The predicted molar refractivity (Wildman–Crippen MR) is 64.5 cm³/mol. The lowest BCUT2D eigenvalue weighted by Gasteiger charge is -2.40. The molecule has 3 aliphatic heterocycles. The number of aliphatic hydroxyl groups is 1. The van der Waals surface area contributed by atoms with Crippen LogP contribution in [0.15, 0.2) is 0 Å². The minimum atomic E-state index is 0.154. The molecule has 0 aromatic rings. The molecule has 4 heteroatoms. The summed E-state index contributed by atoms with van der Waals surface area (Å²) in [6.07, 6.45) is 5.41. The van der Waals surface area contributed by atoms with E-state index >= 15 is 0 Å². The van der Waals surface area contributed by atoms with E-state index in [9.17, 15) is 9.90 Å². The van der Waals surface area contributed by atoms with E-state index in [1.54, 1.807) is 0 Å². The van der Waals surface area contributed by atoms with Crippen LogP contribution in [0.25, 0.3) is 0 Å². The van der Waals surface area contributed by atoms with Gasteiger partial charge in [0.1, 0.15) is 0 Å². The first-order chi connectivity index (χ1) is 8.19. The maximum atomic E-state index is 12.0. The normalized spacial score (nSPS) is 42.5. The molecule has 0 radical (unpaired) electrons. The van der Waals surface area contributed by atoms with E-state index in [4.69, 9.17) is 0 Å². The number of likely N-dealkylation sites (tertiary alicyclic amines) is 1. The van der Waals surface area contributed by atoms with Crippen LogP contribution >= 0.6 is 0 Å². The molecular formula is C13H22N2O2. The third-order valence-corrected chi connectivity index (χ3v) is 5.01. The Morgan fingerprint density at radius 1 is 1.24 bits per heavy atom. The fourth-order valence-corrected chi connectivity index (χ4v) is 3.92. The maximum Gasteiger partial charge on any atom is 0.223 e. The molecule has 3 heterocycles. The fraction of sp³-hybridized carbons (Fsp3) is 0.923. The molecule has 96 valence electrons. The second-order valence-electron chi connectivity index (χ2n) is 5.97. The second kappa shape index (κ2) is 4.25. The van der Waals surface area contributed by atoms with E-state index in [1.165, 1.54) is 12.8 Å². The molecule has 3 unspecified atom stereocenters. The molecule has 3 rings (SSSR count). The van der Waals surface area contributed by atoms with Gasteiger partial charge >= 0.3 is 0 Å². The van der Waals surface area contributed by atoms with E-state index in [1.807, 2.05) is 0 Å². The Balaban J connectivity index is 1.68. The van der Waals surface area contributed by atoms with Gasteiger partial charge in [0.2, 0.25) is 5.91 Å². The van der Waals surface area contributed by atoms with Gasteiger partial charge in [-0.15, -0.1) is 0 Å². The van der Waals surface area contributed by atoms with Gasteiger partial charge < -0.3 is 14.9 Å². The molecule has 2 bridgehead atoms. The monoisotopic (exact) mass is 238 g/mol. The molecular weight excluding hydrogens is 216 g/mol. The van der Waals surface area contributed by atoms with E-state index in [0.29, 0.717) is 24.5 Å². The molecule has 1 N–H and O–H groups in total. The van der Waals surface area contributed by atoms with Gasteiger partial charge in [-0.25, -0.2) is 0 Å². The third-order valence-electron chi connectivity index (χ3n) is 5.01. The summed E-state index contributed by atoms with van der Waals surface area (Å²) in [6.45, 7) is 0.935. The van der Waals surface area contributed by atoms with Crippen LogP contribution in [-0.2, 0) is 4.79 Å². The molecule has 3 fully saturated rings. The van der Waals surface area contributed by atoms with Crippen molar-refractivity contribution in [1.82, 2.24) is 9.80 Å². The zero-order chi connectivity index (χ0) is 12.0. The van der Waals surface area contributed by atoms with Crippen LogP contribution in [0.4, 0.5) is 0 Å². The van der Waals surface area contributed by atoms with Crippen LogP contribution in [-0.4, -0.2) is 59.1 Å². The molecule has 0 aliphatic carbocycles. The fourth-order valence-electron chi connectivity index (χ4n) is 3.92. The van der Waals surface area contributed by atoms with Crippen molar-refractivity contribution >= 4 is 5.91 Å². The van der Waals surface area contributed by atoms with Crippen LogP contribution in [0.3, 0.4) is 0 Å². The predicted octanol–water partition coefficient (Wildman–Crippen LogP) is 0.452. The average Bonchev–Trinajstić information content (AvgIpc) is 2.76. The average molecular weight is 238 g/mol. The molecule has 3 atom stereocenters. The summed E-state index contributed by atoms with van der Waals surface area (Å²) in [6, 6.07) is 1.80. The molecule has 0 spiro atoms. The largest absolute Gasteiger partial charge is 0.396 e. The van der Waals surface area contributed by atoms with Crippen molar-refractivity contribution in [1.29, 1.82) is 0 Å². The number of rotatable bonds is 2. The summed E-state index contributed by atoms with van der Waals surface area (Å²) in [7, 11) is 2.22. The highest BCUT2D eigenvalue weighted by Gasteiger charge is 2.43. The number of aliphatic hydroxyl groups excluding tert-OH is 1. The lowest BCUT2D eigenvalue weighted by atomic mass is 9.97. The first-order valence-electron chi connectivity index (χ1n) is 6.81. The Morgan fingerprint density at radius 3 is 2.41 bits per heavy atom. The van der Waals surface area contributed by atoms with Crippen LogP contribution in [0.2, 0.25) is 0 Å². The van der Waals surface area contributed by atoms with Crippen molar-refractivity contribution in [2.24, 2.45) is 5.92 Å². The van der Waals surface area contributed by atoms with Crippen LogP contribution in [0, 0.1) is 5.92 Å². The molecule has 1 amide bonds. The zero-order valence-electron chi connectivity index (χ0n) is 10.5. The highest BCUT2D eigenvalue weighted by Crippen LogP contribution is 2.37. The van der Waals surface area contributed by atoms with Crippen LogP contribution in [0.5, 0.6) is 0 Å². The van der Waals surface area contributed by atoms with Crippen molar-refractivity contribution < 1.29 is 9.90 Å². The van der Waals surface area contributed by atoms with Gasteiger partial charge in [-0.3, -0.25) is 4.79 Å². The molecule has 3 aliphatic rings. The first-order valence-corrected chi connectivity index (χ1v) is 6.81. The summed E-state index contributed by atoms with van der Waals surface area (Å²) in [5.74, 6) is 0.442. The summed E-state index contributed by atoms with van der Waals surface area (Å²) in [5.41, 5.74) is 0. The number of amides is 1. The highest BCUT2D eigenvalue weighted by molar-refractivity contribution is 5.79. The van der Waals surface area contributed by atoms with E-state index in [-0.39, 0.29) is 18.4 Å². The minimum absolute atomic E-state index is 0.154. The quantitative estimate of drug-likeness (QED) is 0.760. The summed E-state index contributed by atoms with van der Waals surface area (Å²) >= 11 is 0. The Labute approximate surface area is 103 Å². The molecule has 0 aromatic heterocycles. The lowest BCUT2D eigenvalue weighted by molar-refractivity contribution is -0.130. The summed E-state index contributed by atoms with van der Waals surface area (Å²) in [4.78, 5) is 16.5. The SMILES string of the molecule is CN1C2CCC1CC(N1CC(CO)CC1=O)C2. The summed E-state index contributed by atoms with van der Waals surface area (Å²) < 4.78 is 0.